The summed E-state index contributed by atoms with van der Waals surface area (Å²) in [6, 6.07) is 7.02. The summed E-state index contributed by atoms with van der Waals surface area (Å²) in [4.78, 5) is 11.1. The average molecular weight is 220 g/mol. The Bertz CT molecular complexity index is 367. The van der Waals surface area contributed by atoms with Crippen molar-refractivity contribution in [3.63, 3.8) is 0 Å². The van der Waals surface area contributed by atoms with Gasteiger partial charge in [-0.1, -0.05) is 43.8 Å². The van der Waals surface area contributed by atoms with Gasteiger partial charge in [0.05, 0.1) is 6.10 Å². The third-order valence-corrected chi connectivity index (χ3v) is 2.60. The van der Waals surface area contributed by atoms with Gasteiger partial charge in [-0.3, -0.25) is 4.79 Å². The van der Waals surface area contributed by atoms with E-state index in [2.05, 4.69) is 6.58 Å². The van der Waals surface area contributed by atoms with Crippen molar-refractivity contribution >= 4 is 12.0 Å². The zero-order chi connectivity index (χ0) is 12.1. The van der Waals surface area contributed by atoms with Crippen molar-refractivity contribution < 1.29 is 15.0 Å². The lowest BCUT2D eigenvalue weighted by Gasteiger charge is -2.18. The van der Waals surface area contributed by atoms with E-state index in [1.807, 2.05) is 0 Å². The molecule has 0 aliphatic carbocycles. The van der Waals surface area contributed by atoms with Crippen LogP contribution in [0.4, 0.5) is 0 Å². The fraction of sp³-hybridized carbons (Fsp3) is 0.308. The first kappa shape index (κ1) is 12.5. The van der Waals surface area contributed by atoms with E-state index >= 15 is 0 Å². The van der Waals surface area contributed by atoms with Gasteiger partial charge >= 0.3 is 5.97 Å². The molecule has 2 N–H and O–H groups in total. The summed E-state index contributed by atoms with van der Waals surface area (Å²) < 4.78 is 0. The molecule has 0 heterocycles. The highest BCUT2D eigenvalue weighted by atomic mass is 16.4. The molecule has 1 aromatic carbocycles. The highest BCUT2D eigenvalue weighted by Crippen LogP contribution is 2.22. The van der Waals surface area contributed by atoms with Crippen molar-refractivity contribution in [1.29, 1.82) is 0 Å². The number of carboxylic acids is 1. The van der Waals surface area contributed by atoms with Crippen LogP contribution in [0.2, 0.25) is 0 Å². The third-order valence-electron chi connectivity index (χ3n) is 2.60. The average Bonchev–Trinajstić information content (AvgIpc) is 2.29. The first-order valence-corrected chi connectivity index (χ1v) is 5.23. The van der Waals surface area contributed by atoms with Gasteiger partial charge in [0.1, 0.15) is 5.92 Å². The minimum Gasteiger partial charge on any atom is -0.481 e. The predicted octanol–water partition coefficient (Wildman–Crippen LogP) is 2.27. The van der Waals surface area contributed by atoms with Crippen LogP contribution in [-0.4, -0.2) is 22.3 Å². The molecule has 0 aliphatic heterocycles. The first-order chi connectivity index (χ1) is 7.60. The SMILES string of the molecule is C=Cc1ccc(C(C(=O)O)C(O)CC)cc1. The zero-order valence-corrected chi connectivity index (χ0v) is 9.26. The van der Waals surface area contributed by atoms with Crippen molar-refractivity contribution in [2.75, 3.05) is 0 Å². The summed E-state index contributed by atoms with van der Waals surface area (Å²) in [6.07, 6.45) is 1.25. The van der Waals surface area contributed by atoms with Crippen LogP contribution in [0.3, 0.4) is 0 Å². The van der Waals surface area contributed by atoms with Gasteiger partial charge in [0.15, 0.2) is 0 Å². The Kier molecular flexibility index (Phi) is 4.26. The summed E-state index contributed by atoms with van der Waals surface area (Å²) in [6.45, 7) is 5.39. The second kappa shape index (κ2) is 5.47. The van der Waals surface area contributed by atoms with E-state index in [4.69, 9.17) is 5.11 Å². The van der Waals surface area contributed by atoms with E-state index in [-0.39, 0.29) is 0 Å². The maximum Gasteiger partial charge on any atom is 0.313 e. The molecule has 0 saturated heterocycles. The van der Waals surface area contributed by atoms with Gasteiger partial charge in [-0.25, -0.2) is 0 Å². The lowest BCUT2D eigenvalue weighted by Crippen LogP contribution is -2.25. The molecule has 1 rings (SSSR count). The van der Waals surface area contributed by atoms with Crippen molar-refractivity contribution in [2.24, 2.45) is 0 Å². The second-order valence-corrected chi connectivity index (χ2v) is 3.66. The molecule has 86 valence electrons. The number of aliphatic hydroxyl groups is 1. The van der Waals surface area contributed by atoms with Crippen LogP contribution < -0.4 is 0 Å². The molecule has 0 spiro atoms. The molecule has 2 unspecified atom stereocenters. The van der Waals surface area contributed by atoms with E-state index in [9.17, 15) is 9.90 Å². The summed E-state index contributed by atoms with van der Waals surface area (Å²) in [5, 5.41) is 18.7. The van der Waals surface area contributed by atoms with Crippen LogP contribution in [0.5, 0.6) is 0 Å². The smallest absolute Gasteiger partial charge is 0.313 e. The van der Waals surface area contributed by atoms with Crippen LogP contribution in [0, 0.1) is 0 Å². The van der Waals surface area contributed by atoms with Gasteiger partial charge in [0, 0.05) is 0 Å². The molecule has 16 heavy (non-hydrogen) atoms. The second-order valence-electron chi connectivity index (χ2n) is 3.66. The maximum absolute atomic E-state index is 11.1. The fourth-order valence-electron chi connectivity index (χ4n) is 1.60. The van der Waals surface area contributed by atoms with Gasteiger partial charge < -0.3 is 10.2 Å². The molecule has 0 aromatic heterocycles. The normalized spacial score (nSPS) is 14.1. The number of carboxylic acid groups (broad SMARTS) is 1. The summed E-state index contributed by atoms with van der Waals surface area (Å²) in [7, 11) is 0. The Morgan fingerprint density at radius 1 is 1.44 bits per heavy atom. The van der Waals surface area contributed by atoms with Crippen LogP contribution in [0.1, 0.15) is 30.4 Å². The summed E-state index contributed by atoms with van der Waals surface area (Å²) in [5.74, 6) is -1.86. The number of carbonyl (C=O) groups is 1. The standard InChI is InChI=1S/C13H16O3/c1-3-9-5-7-10(8-6-9)12(13(15)16)11(14)4-2/h3,5-8,11-12,14H,1,4H2,2H3,(H,15,16). The Hall–Kier alpha value is -1.61. The lowest BCUT2D eigenvalue weighted by atomic mass is 9.91. The van der Waals surface area contributed by atoms with Crippen molar-refractivity contribution in [2.45, 2.75) is 25.4 Å². The molecule has 1 aromatic rings. The molecular weight excluding hydrogens is 204 g/mol. The topological polar surface area (TPSA) is 57.5 Å². The predicted molar refractivity (Wildman–Crippen MR) is 63.2 cm³/mol. The van der Waals surface area contributed by atoms with Gasteiger partial charge in [-0.15, -0.1) is 0 Å². The lowest BCUT2D eigenvalue weighted by molar-refractivity contribution is -0.141. The highest BCUT2D eigenvalue weighted by Gasteiger charge is 2.26. The van der Waals surface area contributed by atoms with Crippen LogP contribution in [-0.2, 0) is 4.79 Å². The maximum atomic E-state index is 11.1. The Morgan fingerprint density at radius 2 is 2.00 bits per heavy atom. The summed E-state index contributed by atoms with van der Waals surface area (Å²) in [5.41, 5.74) is 1.55. The van der Waals surface area contributed by atoms with Gasteiger partial charge in [-0.05, 0) is 17.5 Å². The molecule has 3 nitrogen and oxygen atoms in total. The van der Waals surface area contributed by atoms with E-state index < -0.39 is 18.0 Å². The zero-order valence-electron chi connectivity index (χ0n) is 9.26. The Balaban J connectivity index is 3.01. The van der Waals surface area contributed by atoms with Crippen molar-refractivity contribution in [1.82, 2.24) is 0 Å². The van der Waals surface area contributed by atoms with Crippen LogP contribution in [0.15, 0.2) is 30.8 Å². The molecule has 0 bridgehead atoms. The Morgan fingerprint density at radius 3 is 2.38 bits per heavy atom. The first-order valence-electron chi connectivity index (χ1n) is 5.23. The number of aliphatic hydroxyl groups excluding tert-OH is 1. The van der Waals surface area contributed by atoms with E-state index in [0.29, 0.717) is 12.0 Å². The minimum absolute atomic E-state index is 0.417. The van der Waals surface area contributed by atoms with E-state index in [1.54, 1.807) is 37.3 Å². The summed E-state index contributed by atoms with van der Waals surface area (Å²) >= 11 is 0. The molecule has 2 atom stereocenters. The quantitative estimate of drug-likeness (QED) is 0.800. The van der Waals surface area contributed by atoms with Gasteiger partial charge in [0.25, 0.3) is 0 Å². The number of hydrogen-bond donors (Lipinski definition) is 2. The molecule has 0 radical (unpaired) electrons. The number of benzene rings is 1. The van der Waals surface area contributed by atoms with E-state index in [1.165, 1.54) is 0 Å². The molecular formula is C13H16O3. The van der Waals surface area contributed by atoms with Crippen LogP contribution in [0.25, 0.3) is 6.08 Å². The van der Waals surface area contributed by atoms with Gasteiger partial charge in [-0.2, -0.15) is 0 Å². The minimum atomic E-state index is -0.999. The van der Waals surface area contributed by atoms with Crippen molar-refractivity contribution in [3.8, 4) is 0 Å². The van der Waals surface area contributed by atoms with Crippen LogP contribution >= 0.6 is 0 Å². The monoisotopic (exact) mass is 220 g/mol. The Labute approximate surface area is 95.0 Å². The van der Waals surface area contributed by atoms with Gasteiger partial charge in [0.2, 0.25) is 0 Å². The molecule has 3 heteroatoms. The third kappa shape index (κ3) is 2.70. The number of rotatable bonds is 5. The fourth-order valence-corrected chi connectivity index (χ4v) is 1.60. The van der Waals surface area contributed by atoms with Crippen molar-refractivity contribution in [3.05, 3.63) is 42.0 Å². The molecule has 0 fully saturated rings. The molecule has 0 aliphatic rings. The molecule has 0 saturated carbocycles. The largest absolute Gasteiger partial charge is 0.481 e. The highest BCUT2D eigenvalue weighted by molar-refractivity contribution is 5.77. The number of hydrogen-bond acceptors (Lipinski definition) is 2. The number of aliphatic carboxylic acids is 1. The molecule has 0 amide bonds. The van der Waals surface area contributed by atoms with E-state index in [0.717, 1.165) is 5.56 Å².